The van der Waals surface area contributed by atoms with Crippen molar-refractivity contribution >= 4 is 38.1 Å². The Bertz CT molecular complexity index is 1440. The van der Waals surface area contributed by atoms with E-state index in [1.54, 1.807) is 6.07 Å². The number of rotatable bonds is 10. The third-order valence-electron chi connectivity index (χ3n) is 6.70. The summed E-state index contributed by atoms with van der Waals surface area (Å²) in [6, 6.07) is 7.30. The molecular weight excluding hydrogens is 548 g/mol. The molecule has 0 saturated heterocycles. The zero-order valence-corrected chi connectivity index (χ0v) is 23.6. The van der Waals surface area contributed by atoms with Crippen molar-refractivity contribution in [3.63, 3.8) is 0 Å². The number of carbonyl (C=O) groups excluding carboxylic acids is 1. The second-order valence-electron chi connectivity index (χ2n) is 9.38. The number of aromatic nitrogens is 1. The molecule has 1 saturated carbocycles. The summed E-state index contributed by atoms with van der Waals surface area (Å²) < 4.78 is 66.3. The van der Waals surface area contributed by atoms with Crippen LogP contribution in [0.4, 0.5) is 19.6 Å². The molecule has 1 aliphatic rings. The molecule has 12 heteroatoms. The Morgan fingerprint density at radius 3 is 2.54 bits per heavy atom. The molecule has 1 aliphatic carbocycles. The molecule has 0 amide bonds. The number of methoxy groups -OCH3 is 1. The summed E-state index contributed by atoms with van der Waals surface area (Å²) in [5.41, 5.74) is 0.953. The van der Waals surface area contributed by atoms with Crippen molar-refractivity contribution < 1.29 is 31.5 Å². The number of anilines is 2. The molecule has 1 aromatic heterocycles. The van der Waals surface area contributed by atoms with E-state index in [1.807, 2.05) is 13.8 Å². The van der Waals surface area contributed by atoms with Gasteiger partial charge in [-0.1, -0.05) is 11.3 Å². The molecule has 3 aromatic rings. The van der Waals surface area contributed by atoms with Crippen LogP contribution in [-0.2, 0) is 19.6 Å². The van der Waals surface area contributed by atoms with Crippen LogP contribution in [-0.4, -0.2) is 39.6 Å². The number of esters is 1. The monoisotopic (exact) mass is 579 g/mol. The van der Waals surface area contributed by atoms with Gasteiger partial charge in [0.25, 0.3) is 10.0 Å². The van der Waals surface area contributed by atoms with Crippen molar-refractivity contribution in [2.75, 3.05) is 30.3 Å². The summed E-state index contributed by atoms with van der Waals surface area (Å²) in [7, 11) is -2.93. The van der Waals surface area contributed by atoms with Gasteiger partial charge >= 0.3 is 5.97 Å². The predicted octanol–water partition coefficient (Wildman–Crippen LogP) is 5.99. The number of ether oxygens (including phenoxy) is 2. The van der Waals surface area contributed by atoms with E-state index in [0.717, 1.165) is 54.9 Å². The van der Waals surface area contributed by atoms with Crippen LogP contribution < -0.4 is 14.8 Å². The Balaban J connectivity index is 1.48. The normalized spacial score (nSPS) is 17.5. The van der Waals surface area contributed by atoms with E-state index in [0.29, 0.717) is 29.3 Å². The van der Waals surface area contributed by atoms with E-state index >= 15 is 0 Å². The van der Waals surface area contributed by atoms with Crippen LogP contribution in [0, 0.1) is 30.4 Å². The second-order valence-corrected chi connectivity index (χ2v) is 12.0. The molecule has 8 nitrogen and oxygen atoms in total. The molecule has 0 radical (unpaired) electrons. The first-order chi connectivity index (χ1) is 18.6. The lowest BCUT2D eigenvalue weighted by Gasteiger charge is -2.27. The Morgan fingerprint density at radius 2 is 1.87 bits per heavy atom. The summed E-state index contributed by atoms with van der Waals surface area (Å²) in [5.74, 6) is -1.49. The highest BCUT2D eigenvalue weighted by atomic mass is 32.2. The summed E-state index contributed by atoms with van der Waals surface area (Å²) in [6.07, 6.45) is 3.47. The molecule has 39 heavy (non-hydrogen) atoms. The number of thiazole rings is 1. The first-order valence-electron chi connectivity index (χ1n) is 12.7. The number of nitrogens with one attached hydrogen (secondary N) is 2. The summed E-state index contributed by atoms with van der Waals surface area (Å²) in [4.78, 5) is 17.2. The third-order valence-corrected chi connectivity index (χ3v) is 9.25. The third kappa shape index (κ3) is 6.85. The Morgan fingerprint density at radius 1 is 1.13 bits per heavy atom. The molecule has 210 valence electrons. The molecule has 4 rings (SSSR count). The van der Waals surface area contributed by atoms with Crippen LogP contribution >= 0.6 is 11.3 Å². The predicted molar refractivity (Wildman–Crippen MR) is 147 cm³/mol. The van der Waals surface area contributed by atoms with Gasteiger partial charge in [-0.15, -0.1) is 0 Å². The van der Waals surface area contributed by atoms with Gasteiger partial charge in [-0.2, -0.15) is 0 Å². The van der Waals surface area contributed by atoms with Crippen LogP contribution in [0.2, 0.25) is 0 Å². The van der Waals surface area contributed by atoms with E-state index in [1.165, 1.54) is 30.6 Å². The highest BCUT2D eigenvalue weighted by Crippen LogP contribution is 2.38. The Kier molecular flexibility index (Phi) is 9.06. The zero-order chi connectivity index (χ0) is 28.2. The molecule has 0 spiro atoms. The van der Waals surface area contributed by atoms with Crippen LogP contribution in [0.25, 0.3) is 10.4 Å². The SMILES string of the molecule is CCOC(=O)C1CCC(CNc2nc(C)c(-c3ccc(OC)c(S(=O)(=O)Nc4ccc(F)cc4F)c3)s2)CC1. The van der Waals surface area contributed by atoms with Crippen molar-refractivity contribution in [1.82, 2.24) is 4.98 Å². The smallest absolute Gasteiger partial charge is 0.308 e. The van der Waals surface area contributed by atoms with E-state index in [2.05, 4.69) is 15.0 Å². The maximum atomic E-state index is 14.1. The zero-order valence-electron chi connectivity index (χ0n) is 21.9. The molecule has 1 heterocycles. The highest BCUT2D eigenvalue weighted by Gasteiger charge is 2.27. The number of halogens is 2. The minimum atomic E-state index is -4.27. The fraction of sp³-hybridized carbons (Fsp3) is 0.407. The average molecular weight is 580 g/mol. The van der Waals surface area contributed by atoms with Gasteiger partial charge in [-0.05, 0) is 81.3 Å². The van der Waals surface area contributed by atoms with Gasteiger partial charge in [0, 0.05) is 12.6 Å². The Hall–Kier alpha value is -3.25. The van der Waals surface area contributed by atoms with Crippen molar-refractivity contribution in [3.8, 4) is 16.2 Å². The standard InChI is InChI=1S/C27H31F2N3O5S2/c1-4-37-26(33)18-7-5-17(6-8-18)15-30-27-31-16(2)25(38-27)19-9-12-23(36-3)24(13-19)39(34,35)32-22-11-10-20(28)14-21(22)29/h9-14,17-18,32H,4-8,15H2,1-3H3,(H,30,31). The topological polar surface area (TPSA) is 107 Å². The molecule has 0 bridgehead atoms. The number of carbonyl (C=O) groups is 1. The van der Waals surface area contributed by atoms with Gasteiger partial charge < -0.3 is 14.8 Å². The van der Waals surface area contributed by atoms with Gasteiger partial charge in [-0.3, -0.25) is 9.52 Å². The lowest BCUT2D eigenvalue weighted by molar-refractivity contribution is -0.149. The maximum Gasteiger partial charge on any atom is 0.308 e. The Labute approximate surface area is 230 Å². The van der Waals surface area contributed by atoms with Crippen molar-refractivity contribution in [2.45, 2.75) is 44.4 Å². The molecule has 0 aliphatic heterocycles. The van der Waals surface area contributed by atoms with E-state index < -0.39 is 21.7 Å². The molecule has 2 N–H and O–H groups in total. The molecule has 0 unspecified atom stereocenters. The minimum Gasteiger partial charge on any atom is -0.495 e. The van der Waals surface area contributed by atoms with Gasteiger partial charge in [0.05, 0.1) is 35.9 Å². The van der Waals surface area contributed by atoms with Crippen molar-refractivity contribution in [2.24, 2.45) is 11.8 Å². The number of benzene rings is 2. The summed E-state index contributed by atoms with van der Waals surface area (Å²) in [6.45, 7) is 4.77. The van der Waals surface area contributed by atoms with Gasteiger partial charge in [-0.25, -0.2) is 22.2 Å². The van der Waals surface area contributed by atoms with Crippen LogP contribution in [0.5, 0.6) is 5.75 Å². The number of hydrogen-bond acceptors (Lipinski definition) is 8. The summed E-state index contributed by atoms with van der Waals surface area (Å²) >= 11 is 1.40. The maximum absolute atomic E-state index is 14.1. The van der Waals surface area contributed by atoms with Crippen LogP contribution in [0.3, 0.4) is 0 Å². The lowest BCUT2D eigenvalue weighted by atomic mass is 9.82. The molecule has 2 aromatic carbocycles. The first-order valence-corrected chi connectivity index (χ1v) is 15.0. The average Bonchev–Trinajstić information content (AvgIpc) is 3.29. The van der Waals surface area contributed by atoms with Gasteiger partial charge in [0.15, 0.2) is 5.13 Å². The lowest BCUT2D eigenvalue weighted by Crippen LogP contribution is -2.26. The number of sulfonamides is 1. The first kappa shape index (κ1) is 28.8. The number of nitrogens with zero attached hydrogens (tertiary/aromatic N) is 1. The fourth-order valence-electron chi connectivity index (χ4n) is 4.63. The van der Waals surface area contributed by atoms with E-state index in [4.69, 9.17) is 9.47 Å². The van der Waals surface area contributed by atoms with E-state index in [9.17, 15) is 22.0 Å². The largest absolute Gasteiger partial charge is 0.495 e. The summed E-state index contributed by atoms with van der Waals surface area (Å²) in [5, 5.41) is 4.10. The van der Waals surface area contributed by atoms with Crippen molar-refractivity contribution in [3.05, 3.63) is 53.7 Å². The highest BCUT2D eigenvalue weighted by molar-refractivity contribution is 7.92. The molecule has 1 fully saturated rings. The van der Waals surface area contributed by atoms with Crippen molar-refractivity contribution in [1.29, 1.82) is 0 Å². The fourth-order valence-corrected chi connectivity index (χ4v) is 6.87. The quantitative estimate of drug-likeness (QED) is 0.284. The number of hydrogen-bond donors (Lipinski definition) is 2. The number of aryl methyl sites for hydroxylation is 1. The minimum absolute atomic E-state index is 0.0236. The van der Waals surface area contributed by atoms with Gasteiger partial charge in [0.2, 0.25) is 0 Å². The molecular formula is C27H31F2N3O5S2. The van der Waals surface area contributed by atoms with Gasteiger partial charge in [0.1, 0.15) is 22.3 Å². The molecule has 0 atom stereocenters. The van der Waals surface area contributed by atoms with Crippen LogP contribution in [0.1, 0.15) is 38.3 Å². The van der Waals surface area contributed by atoms with E-state index in [-0.39, 0.29) is 28.2 Å². The van der Waals surface area contributed by atoms with Crippen LogP contribution in [0.15, 0.2) is 41.3 Å². The second kappa shape index (κ2) is 12.3.